The minimum absolute atomic E-state index is 0.00953. The van der Waals surface area contributed by atoms with Crippen molar-refractivity contribution >= 4 is 45.2 Å². The molecule has 1 aromatic carbocycles. The fraction of sp³-hybridized carbons (Fsp3) is 0.333. The van der Waals surface area contributed by atoms with Gasteiger partial charge in [-0.3, -0.25) is 5.32 Å². The van der Waals surface area contributed by atoms with Crippen LogP contribution >= 0.6 is 23.3 Å². The maximum Gasteiger partial charge on any atom is 0.322 e. The van der Waals surface area contributed by atoms with Crippen LogP contribution in [0.25, 0.3) is 10.9 Å². The van der Waals surface area contributed by atoms with Gasteiger partial charge in [-0.2, -0.15) is 16.1 Å². The SMILES string of the molecule is O=C(Nc1snc2ccccc12)N1CCSCC1. The lowest BCUT2D eigenvalue weighted by molar-refractivity contribution is 0.217. The Labute approximate surface area is 114 Å². The number of anilines is 1. The minimum atomic E-state index is -0.00953. The van der Waals surface area contributed by atoms with Gasteiger partial charge < -0.3 is 4.90 Å². The van der Waals surface area contributed by atoms with Crippen molar-refractivity contribution in [3.8, 4) is 0 Å². The Morgan fingerprint density at radius 3 is 2.89 bits per heavy atom. The molecule has 0 bridgehead atoms. The third-order valence-corrected chi connectivity index (χ3v) is 4.64. The number of nitrogens with zero attached hydrogens (tertiary/aromatic N) is 2. The monoisotopic (exact) mass is 279 g/mol. The van der Waals surface area contributed by atoms with Gasteiger partial charge >= 0.3 is 6.03 Å². The lowest BCUT2D eigenvalue weighted by Gasteiger charge is -2.26. The predicted octanol–water partition coefficient (Wildman–Crippen LogP) is 2.88. The lowest BCUT2D eigenvalue weighted by atomic mass is 10.2. The van der Waals surface area contributed by atoms with Crippen LogP contribution in [0.1, 0.15) is 0 Å². The summed E-state index contributed by atoms with van der Waals surface area (Å²) < 4.78 is 4.32. The number of hydrogen-bond acceptors (Lipinski definition) is 4. The van der Waals surface area contributed by atoms with Crippen LogP contribution in [0.4, 0.5) is 9.80 Å². The van der Waals surface area contributed by atoms with Crippen molar-refractivity contribution < 1.29 is 4.79 Å². The number of carbonyl (C=O) groups excluding carboxylic acids is 1. The van der Waals surface area contributed by atoms with E-state index in [2.05, 4.69) is 9.69 Å². The summed E-state index contributed by atoms with van der Waals surface area (Å²) in [4.78, 5) is 14.0. The Kier molecular flexibility index (Phi) is 3.38. The first-order chi connectivity index (χ1) is 8.84. The molecule has 0 atom stereocenters. The van der Waals surface area contributed by atoms with E-state index in [0.29, 0.717) is 0 Å². The van der Waals surface area contributed by atoms with Crippen LogP contribution in [-0.2, 0) is 0 Å². The fourth-order valence-electron chi connectivity index (χ4n) is 1.92. The third-order valence-electron chi connectivity index (χ3n) is 2.90. The van der Waals surface area contributed by atoms with Crippen molar-refractivity contribution in [2.24, 2.45) is 0 Å². The molecule has 1 fully saturated rings. The van der Waals surface area contributed by atoms with Gasteiger partial charge in [0, 0.05) is 30.0 Å². The lowest BCUT2D eigenvalue weighted by Crippen LogP contribution is -2.40. The molecule has 1 N–H and O–H groups in total. The normalized spacial score (nSPS) is 15.9. The Morgan fingerprint density at radius 2 is 2.06 bits per heavy atom. The van der Waals surface area contributed by atoms with Crippen molar-refractivity contribution in [3.05, 3.63) is 24.3 Å². The molecule has 4 nitrogen and oxygen atoms in total. The highest BCUT2D eigenvalue weighted by atomic mass is 32.2. The maximum atomic E-state index is 12.1. The Hall–Kier alpha value is -1.27. The van der Waals surface area contributed by atoms with Crippen LogP contribution in [0, 0.1) is 0 Å². The molecule has 1 aliphatic rings. The van der Waals surface area contributed by atoms with Crippen molar-refractivity contribution in [1.82, 2.24) is 9.27 Å². The number of carbonyl (C=O) groups is 1. The van der Waals surface area contributed by atoms with Crippen molar-refractivity contribution in [2.75, 3.05) is 29.9 Å². The molecule has 0 unspecified atom stereocenters. The van der Waals surface area contributed by atoms with E-state index in [1.54, 1.807) is 0 Å². The topological polar surface area (TPSA) is 45.2 Å². The molecular weight excluding hydrogens is 266 g/mol. The number of hydrogen-bond donors (Lipinski definition) is 1. The van der Waals surface area contributed by atoms with E-state index in [1.807, 2.05) is 40.9 Å². The summed E-state index contributed by atoms with van der Waals surface area (Å²) in [5, 5.41) is 4.83. The number of urea groups is 1. The Bertz CT molecular complexity index is 563. The molecule has 0 radical (unpaired) electrons. The summed E-state index contributed by atoms with van der Waals surface area (Å²) in [5.74, 6) is 2.05. The van der Waals surface area contributed by atoms with Crippen LogP contribution in [0.3, 0.4) is 0 Å². The predicted molar refractivity (Wildman–Crippen MR) is 77.5 cm³/mol. The number of aromatic nitrogens is 1. The minimum Gasteiger partial charge on any atom is -0.323 e. The first-order valence-corrected chi connectivity index (χ1v) is 7.75. The summed E-state index contributed by atoms with van der Waals surface area (Å²) in [6.45, 7) is 1.65. The van der Waals surface area contributed by atoms with E-state index < -0.39 is 0 Å². The van der Waals surface area contributed by atoms with E-state index in [-0.39, 0.29) is 6.03 Å². The zero-order valence-electron chi connectivity index (χ0n) is 9.76. The van der Waals surface area contributed by atoms with Crippen LogP contribution in [-0.4, -0.2) is 39.9 Å². The van der Waals surface area contributed by atoms with Crippen LogP contribution in [0.2, 0.25) is 0 Å². The fourth-order valence-corrected chi connectivity index (χ4v) is 3.58. The van der Waals surface area contributed by atoms with Crippen LogP contribution < -0.4 is 5.32 Å². The first-order valence-electron chi connectivity index (χ1n) is 5.83. The van der Waals surface area contributed by atoms with Gasteiger partial charge in [-0.05, 0) is 23.7 Å². The number of fused-ring (bicyclic) bond motifs is 1. The van der Waals surface area contributed by atoms with E-state index >= 15 is 0 Å². The van der Waals surface area contributed by atoms with Crippen molar-refractivity contribution in [1.29, 1.82) is 0 Å². The summed E-state index contributed by atoms with van der Waals surface area (Å²) in [6, 6.07) is 7.85. The van der Waals surface area contributed by atoms with Gasteiger partial charge in [0.15, 0.2) is 0 Å². The highest BCUT2D eigenvalue weighted by Crippen LogP contribution is 2.27. The molecule has 2 aromatic rings. The van der Waals surface area contributed by atoms with Gasteiger partial charge in [-0.25, -0.2) is 4.79 Å². The average molecular weight is 279 g/mol. The van der Waals surface area contributed by atoms with Gasteiger partial charge in [0.25, 0.3) is 0 Å². The number of thioether (sulfide) groups is 1. The zero-order valence-corrected chi connectivity index (χ0v) is 11.4. The van der Waals surface area contributed by atoms with Crippen LogP contribution in [0.15, 0.2) is 24.3 Å². The number of benzene rings is 1. The first kappa shape index (κ1) is 11.8. The van der Waals surface area contributed by atoms with Gasteiger partial charge in [0.1, 0.15) is 5.00 Å². The molecule has 18 heavy (non-hydrogen) atoms. The van der Waals surface area contributed by atoms with E-state index in [0.717, 1.165) is 40.5 Å². The maximum absolute atomic E-state index is 12.1. The molecule has 1 saturated heterocycles. The van der Waals surface area contributed by atoms with Gasteiger partial charge in [0.05, 0.1) is 5.52 Å². The molecule has 1 aromatic heterocycles. The third kappa shape index (κ3) is 2.30. The summed E-state index contributed by atoms with van der Waals surface area (Å²) in [5.41, 5.74) is 0.937. The van der Waals surface area contributed by atoms with Crippen LogP contribution in [0.5, 0.6) is 0 Å². The van der Waals surface area contributed by atoms with Crippen molar-refractivity contribution in [3.63, 3.8) is 0 Å². The molecule has 3 rings (SSSR count). The highest BCUT2D eigenvalue weighted by molar-refractivity contribution is 7.99. The summed E-state index contributed by atoms with van der Waals surface area (Å²) in [6.07, 6.45) is 0. The number of nitrogens with one attached hydrogen (secondary N) is 1. The largest absolute Gasteiger partial charge is 0.323 e. The molecule has 0 saturated carbocycles. The molecule has 94 valence electrons. The molecule has 1 aliphatic heterocycles. The highest BCUT2D eigenvalue weighted by Gasteiger charge is 2.18. The second kappa shape index (κ2) is 5.16. The molecule has 2 heterocycles. The van der Waals surface area contributed by atoms with E-state index in [4.69, 9.17) is 0 Å². The van der Waals surface area contributed by atoms with Gasteiger partial charge in [0.2, 0.25) is 0 Å². The second-order valence-electron chi connectivity index (χ2n) is 4.06. The van der Waals surface area contributed by atoms with E-state index in [1.165, 1.54) is 11.5 Å². The molecule has 6 heteroatoms. The Balaban J connectivity index is 1.77. The zero-order chi connectivity index (χ0) is 12.4. The number of rotatable bonds is 1. The number of amides is 2. The standard InChI is InChI=1S/C12H13N3OS2/c16-12(15-5-7-17-8-6-15)13-11-9-3-1-2-4-10(9)14-18-11/h1-4H,5-8H2,(H,13,16). The van der Waals surface area contributed by atoms with Gasteiger partial charge in [-0.1, -0.05) is 12.1 Å². The van der Waals surface area contributed by atoms with Gasteiger partial charge in [-0.15, -0.1) is 0 Å². The molecule has 0 spiro atoms. The van der Waals surface area contributed by atoms with Crippen molar-refractivity contribution in [2.45, 2.75) is 0 Å². The average Bonchev–Trinajstić information content (AvgIpc) is 2.83. The van der Waals surface area contributed by atoms with E-state index in [9.17, 15) is 4.79 Å². The summed E-state index contributed by atoms with van der Waals surface area (Å²) in [7, 11) is 0. The molecular formula is C12H13N3OS2. The Morgan fingerprint density at radius 1 is 1.28 bits per heavy atom. The second-order valence-corrected chi connectivity index (χ2v) is 6.06. The molecule has 2 amide bonds. The smallest absolute Gasteiger partial charge is 0.322 e. The quantitative estimate of drug-likeness (QED) is 0.873. The molecule has 0 aliphatic carbocycles. The summed E-state index contributed by atoms with van der Waals surface area (Å²) >= 11 is 3.24.